The molecule has 0 bridgehead atoms. The number of nitrogens with one attached hydrogen (secondary N) is 1. The van der Waals surface area contributed by atoms with Crippen molar-refractivity contribution in [1.82, 2.24) is 10.2 Å². The van der Waals surface area contributed by atoms with Gasteiger partial charge in [0.1, 0.15) is 0 Å². The molecule has 3 rings (SSSR count). The third-order valence-corrected chi connectivity index (χ3v) is 5.94. The number of nitrogens with zero attached hydrogens (tertiary/aromatic N) is 1. The van der Waals surface area contributed by atoms with Gasteiger partial charge >= 0.3 is 5.97 Å². The third-order valence-electron chi connectivity index (χ3n) is 5.94. The van der Waals surface area contributed by atoms with Crippen molar-refractivity contribution in [2.75, 3.05) is 31.9 Å². The Kier molecular flexibility index (Phi) is 6.67. The van der Waals surface area contributed by atoms with Crippen LogP contribution in [0.25, 0.3) is 0 Å². The summed E-state index contributed by atoms with van der Waals surface area (Å²) in [5.41, 5.74) is 6.27. The van der Waals surface area contributed by atoms with Gasteiger partial charge in [-0.2, -0.15) is 0 Å². The van der Waals surface area contributed by atoms with Gasteiger partial charge in [0, 0.05) is 36.7 Å². The maximum Gasteiger partial charge on any atom is 0.337 e. The molecule has 0 radical (unpaired) electrons. The average Bonchev–Trinajstić information content (AvgIpc) is 2.72. The number of hydrogen-bond acceptors (Lipinski definition) is 5. The SMILES string of the molecule is Nc1cc(C(=O)[C@@H]2CCCN(C(=O)CCC3CCNCC3)C2)ccc1C(=O)O. The van der Waals surface area contributed by atoms with Crippen LogP contribution in [-0.2, 0) is 4.79 Å². The van der Waals surface area contributed by atoms with Gasteiger partial charge in [0.25, 0.3) is 0 Å². The van der Waals surface area contributed by atoms with Crippen LogP contribution < -0.4 is 11.1 Å². The largest absolute Gasteiger partial charge is 0.478 e. The monoisotopic (exact) mass is 387 g/mol. The summed E-state index contributed by atoms with van der Waals surface area (Å²) in [6.07, 6.45) is 5.26. The molecule has 7 heteroatoms. The summed E-state index contributed by atoms with van der Waals surface area (Å²) in [7, 11) is 0. The minimum absolute atomic E-state index is 0.00471. The molecule has 2 aliphatic rings. The Morgan fingerprint density at radius 2 is 1.93 bits per heavy atom. The highest BCUT2D eigenvalue weighted by atomic mass is 16.4. The van der Waals surface area contributed by atoms with Gasteiger partial charge in [-0.3, -0.25) is 9.59 Å². The second-order valence-corrected chi connectivity index (χ2v) is 7.88. The van der Waals surface area contributed by atoms with E-state index in [1.165, 1.54) is 18.2 Å². The van der Waals surface area contributed by atoms with Crippen molar-refractivity contribution in [3.8, 4) is 0 Å². The van der Waals surface area contributed by atoms with E-state index in [0.717, 1.165) is 45.2 Å². The number of Topliss-reactive ketones (excluding diaryl/α,β-unsaturated/α-hetero) is 1. The number of piperidine rings is 2. The molecule has 2 heterocycles. The van der Waals surface area contributed by atoms with Gasteiger partial charge in [0.05, 0.1) is 5.56 Å². The zero-order valence-electron chi connectivity index (χ0n) is 16.2. The molecule has 4 N–H and O–H groups in total. The lowest BCUT2D eigenvalue weighted by Gasteiger charge is -2.33. The highest BCUT2D eigenvalue weighted by Gasteiger charge is 2.29. The van der Waals surface area contributed by atoms with Crippen LogP contribution in [0.5, 0.6) is 0 Å². The molecule has 1 amide bonds. The van der Waals surface area contributed by atoms with E-state index in [1.807, 2.05) is 4.90 Å². The fraction of sp³-hybridized carbons (Fsp3) is 0.571. The molecule has 2 aliphatic heterocycles. The van der Waals surface area contributed by atoms with Gasteiger partial charge in [0.2, 0.25) is 5.91 Å². The van der Waals surface area contributed by atoms with Crippen molar-refractivity contribution in [2.24, 2.45) is 11.8 Å². The van der Waals surface area contributed by atoms with Crippen molar-refractivity contribution < 1.29 is 19.5 Å². The summed E-state index contributed by atoms with van der Waals surface area (Å²) in [4.78, 5) is 38.4. The van der Waals surface area contributed by atoms with Crippen molar-refractivity contribution in [2.45, 2.75) is 38.5 Å². The fourth-order valence-electron chi connectivity index (χ4n) is 4.22. The number of aromatic carboxylic acids is 1. The Balaban J connectivity index is 1.57. The first kappa shape index (κ1) is 20.3. The zero-order valence-corrected chi connectivity index (χ0v) is 16.2. The Labute approximate surface area is 165 Å². The van der Waals surface area contributed by atoms with Crippen LogP contribution in [0.1, 0.15) is 59.2 Å². The molecule has 0 aromatic heterocycles. The van der Waals surface area contributed by atoms with E-state index in [0.29, 0.717) is 31.0 Å². The van der Waals surface area contributed by atoms with E-state index < -0.39 is 5.97 Å². The molecule has 0 spiro atoms. The first-order chi connectivity index (χ1) is 13.5. The van der Waals surface area contributed by atoms with E-state index >= 15 is 0 Å². The predicted molar refractivity (Wildman–Crippen MR) is 106 cm³/mol. The minimum Gasteiger partial charge on any atom is -0.478 e. The second kappa shape index (κ2) is 9.19. The van der Waals surface area contributed by atoms with E-state index in [1.54, 1.807) is 0 Å². The van der Waals surface area contributed by atoms with Gasteiger partial charge < -0.3 is 21.1 Å². The topological polar surface area (TPSA) is 113 Å². The minimum atomic E-state index is -1.11. The number of benzene rings is 1. The number of rotatable bonds is 6. The molecule has 2 saturated heterocycles. The number of carboxylic acids is 1. The number of nitrogens with two attached hydrogens (primary N) is 1. The molecular formula is C21H29N3O4. The van der Waals surface area contributed by atoms with Crippen molar-refractivity contribution in [1.29, 1.82) is 0 Å². The highest BCUT2D eigenvalue weighted by Crippen LogP contribution is 2.25. The summed E-state index contributed by atoms with van der Waals surface area (Å²) in [6.45, 7) is 3.20. The Hall–Kier alpha value is -2.41. The van der Waals surface area contributed by atoms with Crippen LogP contribution in [0.15, 0.2) is 18.2 Å². The summed E-state index contributed by atoms with van der Waals surface area (Å²) < 4.78 is 0. The quantitative estimate of drug-likeness (QED) is 0.509. The molecule has 28 heavy (non-hydrogen) atoms. The molecule has 0 saturated carbocycles. The lowest BCUT2D eigenvalue weighted by atomic mass is 9.88. The number of ketones is 1. The van der Waals surface area contributed by atoms with Crippen molar-refractivity contribution >= 4 is 23.3 Å². The van der Waals surface area contributed by atoms with Gasteiger partial charge in [-0.15, -0.1) is 0 Å². The molecule has 1 atom stereocenters. The number of likely N-dealkylation sites (tertiary alicyclic amines) is 1. The zero-order chi connectivity index (χ0) is 20.1. The first-order valence-corrected chi connectivity index (χ1v) is 10.1. The maximum atomic E-state index is 12.9. The van der Waals surface area contributed by atoms with Crippen LogP contribution in [0.2, 0.25) is 0 Å². The number of hydrogen-bond donors (Lipinski definition) is 3. The second-order valence-electron chi connectivity index (χ2n) is 7.88. The van der Waals surface area contributed by atoms with E-state index in [-0.39, 0.29) is 28.9 Å². The fourth-order valence-corrected chi connectivity index (χ4v) is 4.22. The molecule has 2 fully saturated rings. The summed E-state index contributed by atoms with van der Waals surface area (Å²) in [6, 6.07) is 4.32. The Morgan fingerprint density at radius 3 is 2.61 bits per heavy atom. The summed E-state index contributed by atoms with van der Waals surface area (Å²) >= 11 is 0. The number of anilines is 1. The van der Waals surface area contributed by atoms with Gasteiger partial charge in [-0.25, -0.2) is 4.79 Å². The number of carboxylic acid groups (broad SMARTS) is 1. The highest BCUT2D eigenvalue weighted by molar-refractivity contribution is 6.01. The Morgan fingerprint density at radius 1 is 1.18 bits per heavy atom. The molecule has 1 aromatic rings. The summed E-state index contributed by atoms with van der Waals surface area (Å²) in [5, 5.41) is 12.4. The summed E-state index contributed by atoms with van der Waals surface area (Å²) in [5.74, 6) is -0.689. The lowest BCUT2D eigenvalue weighted by Crippen LogP contribution is -2.42. The predicted octanol–water partition coefficient (Wildman–Crippen LogP) is 2.17. The van der Waals surface area contributed by atoms with Crippen LogP contribution in [0.3, 0.4) is 0 Å². The lowest BCUT2D eigenvalue weighted by molar-refractivity contribution is -0.133. The van der Waals surface area contributed by atoms with E-state index in [2.05, 4.69) is 5.32 Å². The van der Waals surface area contributed by atoms with Crippen LogP contribution in [0, 0.1) is 11.8 Å². The number of carbonyl (C=O) groups excluding carboxylic acids is 2. The van der Waals surface area contributed by atoms with E-state index in [4.69, 9.17) is 10.8 Å². The number of nitrogen functional groups attached to an aromatic ring is 1. The molecule has 7 nitrogen and oxygen atoms in total. The van der Waals surface area contributed by atoms with Gasteiger partial charge in [-0.1, -0.05) is 6.07 Å². The molecule has 0 aliphatic carbocycles. The smallest absolute Gasteiger partial charge is 0.337 e. The molecule has 0 unspecified atom stereocenters. The van der Waals surface area contributed by atoms with Crippen LogP contribution in [-0.4, -0.2) is 53.8 Å². The van der Waals surface area contributed by atoms with Crippen LogP contribution in [0.4, 0.5) is 5.69 Å². The van der Waals surface area contributed by atoms with Gasteiger partial charge in [0.15, 0.2) is 5.78 Å². The third kappa shape index (κ3) is 4.90. The normalized spacial score (nSPS) is 20.7. The first-order valence-electron chi connectivity index (χ1n) is 10.1. The average molecular weight is 387 g/mol. The molecule has 1 aromatic carbocycles. The molecular weight excluding hydrogens is 358 g/mol. The number of carbonyl (C=O) groups is 3. The van der Waals surface area contributed by atoms with Crippen molar-refractivity contribution in [3.05, 3.63) is 29.3 Å². The van der Waals surface area contributed by atoms with Crippen molar-refractivity contribution in [3.63, 3.8) is 0 Å². The maximum absolute atomic E-state index is 12.9. The molecule has 152 valence electrons. The number of amides is 1. The van der Waals surface area contributed by atoms with E-state index in [9.17, 15) is 14.4 Å². The van der Waals surface area contributed by atoms with Crippen LogP contribution >= 0.6 is 0 Å². The Bertz CT molecular complexity index is 743. The van der Waals surface area contributed by atoms with Gasteiger partial charge in [-0.05, 0) is 63.2 Å². The standard InChI is InChI=1S/C21H29N3O4/c22-18-12-15(4-5-17(18)21(27)28)20(26)16-2-1-11-24(13-16)19(25)6-3-14-7-9-23-10-8-14/h4-5,12,14,16,23H,1-3,6-11,13,22H2,(H,27,28)/t16-/m1/s1.